The molecule has 0 N–H and O–H groups in total. The molecule has 0 amide bonds. The van der Waals surface area contributed by atoms with Crippen LogP contribution in [0, 0.1) is 5.41 Å². The minimum Gasteiger partial charge on any atom is -0.0996 e. The minimum atomic E-state index is 0.189. The molecule has 3 aromatic rings. The predicted octanol–water partition coefficient (Wildman–Crippen LogP) is 8.13. The van der Waals surface area contributed by atoms with Crippen LogP contribution in [-0.2, 0) is 16.2 Å². The highest BCUT2D eigenvalue weighted by Crippen LogP contribution is 2.73. The van der Waals surface area contributed by atoms with Crippen molar-refractivity contribution in [2.45, 2.75) is 68.1 Å². The van der Waals surface area contributed by atoms with Crippen LogP contribution in [0.2, 0.25) is 0 Å². The summed E-state index contributed by atoms with van der Waals surface area (Å²) in [4.78, 5) is 0. The number of allylic oxidation sites excluding steroid dienone is 1. The van der Waals surface area contributed by atoms with Crippen LogP contribution in [0.5, 0.6) is 0 Å². The largest absolute Gasteiger partial charge is 0.0996 e. The van der Waals surface area contributed by atoms with Gasteiger partial charge in [-0.05, 0) is 90.2 Å². The zero-order valence-corrected chi connectivity index (χ0v) is 19.3. The van der Waals surface area contributed by atoms with Gasteiger partial charge in [0, 0.05) is 0 Å². The molecule has 0 aliphatic heterocycles. The summed E-state index contributed by atoms with van der Waals surface area (Å²) in [6, 6.07) is 34.5. The second-order valence-electron chi connectivity index (χ2n) is 11.4. The summed E-state index contributed by atoms with van der Waals surface area (Å²) in [7, 11) is 0. The van der Waals surface area contributed by atoms with E-state index >= 15 is 0 Å². The van der Waals surface area contributed by atoms with Crippen molar-refractivity contribution in [3.05, 3.63) is 120 Å². The lowest BCUT2D eigenvalue weighted by Gasteiger charge is -2.62. The third-order valence-electron chi connectivity index (χ3n) is 9.53. The fourth-order valence-electron chi connectivity index (χ4n) is 8.40. The molecule has 2 unspecified atom stereocenters. The quantitative estimate of drug-likeness (QED) is 0.375. The van der Waals surface area contributed by atoms with Gasteiger partial charge in [-0.3, -0.25) is 0 Å². The van der Waals surface area contributed by atoms with Crippen LogP contribution in [0.1, 0.15) is 68.6 Å². The first kappa shape index (κ1) is 20.0. The summed E-state index contributed by atoms with van der Waals surface area (Å²) < 4.78 is 0. The Morgan fingerprint density at radius 2 is 0.875 bits per heavy atom. The van der Waals surface area contributed by atoms with E-state index in [1.54, 1.807) is 16.7 Å². The molecule has 3 aromatic carbocycles. The van der Waals surface area contributed by atoms with E-state index in [0.717, 1.165) is 0 Å². The summed E-state index contributed by atoms with van der Waals surface area (Å²) >= 11 is 0. The van der Waals surface area contributed by atoms with E-state index in [4.69, 9.17) is 0 Å². The van der Waals surface area contributed by atoms with Gasteiger partial charge in [-0.25, -0.2) is 0 Å². The topological polar surface area (TPSA) is 0 Å². The Bertz CT molecular complexity index is 1070. The Morgan fingerprint density at radius 1 is 0.531 bits per heavy atom. The van der Waals surface area contributed by atoms with Crippen LogP contribution in [0.25, 0.3) is 0 Å². The van der Waals surface area contributed by atoms with E-state index in [2.05, 4.69) is 104 Å². The van der Waals surface area contributed by atoms with Crippen molar-refractivity contribution in [1.82, 2.24) is 0 Å². The molecule has 162 valence electrons. The van der Waals surface area contributed by atoms with Crippen LogP contribution in [0.3, 0.4) is 0 Å². The van der Waals surface area contributed by atoms with Crippen molar-refractivity contribution < 1.29 is 0 Å². The first-order valence-electron chi connectivity index (χ1n) is 12.3. The number of benzene rings is 3. The molecule has 2 atom stereocenters. The highest BCUT2D eigenvalue weighted by molar-refractivity contribution is 5.44. The standard InChI is InChI=1S/C32H34/c1-25(2)31-20-29(26-12-6-3-7-13-26)18-19-30(21-31,27-14-8-4-9-15-27)23-32(22-29,24-31)28-16-10-5-11-17-28/h3-17H,1,18-24H2,2H3. The molecule has 4 fully saturated rings. The summed E-state index contributed by atoms with van der Waals surface area (Å²) in [5.74, 6) is 0. The van der Waals surface area contributed by atoms with Crippen molar-refractivity contribution in [3.8, 4) is 0 Å². The summed E-state index contributed by atoms with van der Waals surface area (Å²) in [5, 5.41) is 0. The van der Waals surface area contributed by atoms with Gasteiger partial charge >= 0.3 is 0 Å². The van der Waals surface area contributed by atoms with Crippen molar-refractivity contribution in [2.24, 2.45) is 5.41 Å². The maximum atomic E-state index is 4.66. The van der Waals surface area contributed by atoms with Crippen LogP contribution >= 0.6 is 0 Å². The van der Waals surface area contributed by atoms with Gasteiger partial charge in [-0.1, -0.05) is 103 Å². The van der Waals surface area contributed by atoms with E-state index < -0.39 is 0 Å². The molecular formula is C32H34. The van der Waals surface area contributed by atoms with Crippen LogP contribution in [0.4, 0.5) is 0 Å². The van der Waals surface area contributed by atoms with E-state index in [-0.39, 0.29) is 21.7 Å². The van der Waals surface area contributed by atoms with Crippen molar-refractivity contribution in [1.29, 1.82) is 0 Å². The maximum Gasteiger partial charge on any atom is -0.00217 e. The second-order valence-corrected chi connectivity index (χ2v) is 11.4. The van der Waals surface area contributed by atoms with Crippen molar-refractivity contribution in [2.75, 3.05) is 0 Å². The normalized spacial score (nSPS) is 35.4. The average Bonchev–Trinajstić information content (AvgIpc) is 3.02. The Kier molecular flexibility index (Phi) is 4.35. The van der Waals surface area contributed by atoms with Gasteiger partial charge in [0.05, 0.1) is 0 Å². The fourth-order valence-corrected chi connectivity index (χ4v) is 8.40. The average molecular weight is 419 g/mol. The van der Waals surface area contributed by atoms with Crippen LogP contribution in [-0.4, -0.2) is 0 Å². The van der Waals surface area contributed by atoms with E-state index in [1.165, 1.54) is 50.5 Å². The maximum absolute atomic E-state index is 4.66. The van der Waals surface area contributed by atoms with Gasteiger partial charge in [0.1, 0.15) is 0 Å². The number of fused-ring (bicyclic) bond motifs is 1. The Balaban J connectivity index is 1.63. The molecular weight excluding hydrogens is 384 g/mol. The molecule has 7 rings (SSSR count). The Hall–Kier alpha value is -2.60. The lowest BCUT2D eigenvalue weighted by Crippen LogP contribution is -2.55. The summed E-state index contributed by atoms with van der Waals surface area (Å²) in [5.41, 5.74) is 6.89. The molecule has 4 bridgehead atoms. The van der Waals surface area contributed by atoms with E-state index in [9.17, 15) is 0 Å². The number of rotatable bonds is 4. The monoisotopic (exact) mass is 418 g/mol. The smallest absolute Gasteiger partial charge is 0.00217 e. The van der Waals surface area contributed by atoms with Gasteiger partial charge in [-0.2, -0.15) is 0 Å². The van der Waals surface area contributed by atoms with Crippen molar-refractivity contribution >= 4 is 0 Å². The second kappa shape index (κ2) is 6.95. The molecule has 0 saturated heterocycles. The molecule has 4 aliphatic carbocycles. The predicted molar refractivity (Wildman–Crippen MR) is 134 cm³/mol. The van der Waals surface area contributed by atoms with Gasteiger partial charge in [0.2, 0.25) is 0 Å². The molecule has 32 heavy (non-hydrogen) atoms. The summed E-state index contributed by atoms with van der Waals surface area (Å²) in [6.45, 7) is 6.98. The van der Waals surface area contributed by atoms with E-state index in [0.29, 0.717) is 0 Å². The van der Waals surface area contributed by atoms with Gasteiger partial charge in [-0.15, -0.1) is 0 Å². The third kappa shape index (κ3) is 2.81. The van der Waals surface area contributed by atoms with E-state index in [1.807, 2.05) is 0 Å². The first-order chi connectivity index (χ1) is 15.5. The van der Waals surface area contributed by atoms with Gasteiger partial charge in [0.15, 0.2) is 0 Å². The lowest BCUT2D eigenvalue weighted by atomic mass is 9.41. The molecule has 0 heteroatoms. The minimum absolute atomic E-state index is 0.189. The third-order valence-corrected chi connectivity index (χ3v) is 9.53. The van der Waals surface area contributed by atoms with Crippen LogP contribution in [0.15, 0.2) is 103 Å². The van der Waals surface area contributed by atoms with Gasteiger partial charge in [0.25, 0.3) is 0 Å². The Morgan fingerprint density at radius 3 is 1.25 bits per heavy atom. The van der Waals surface area contributed by atoms with Crippen molar-refractivity contribution in [3.63, 3.8) is 0 Å². The molecule has 4 saturated carbocycles. The van der Waals surface area contributed by atoms with Gasteiger partial charge < -0.3 is 0 Å². The highest BCUT2D eigenvalue weighted by Gasteiger charge is 2.65. The first-order valence-corrected chi connectivity index (χ1v) is 12.3. The lowest BCUT2D eigenvalue weighted by molar-refractivity contribution is 0.0101. The molecule has 0 radical (unpaired) electrons. The molecule has 0 spiro atoms. The highest BCUT2D eigenvalue weighted by atomic mass is 14.7. The molecule has 0 heterocycles. The summed E-state index contributed by atoms with van der Waals surface area (Å²) in [6.07, 6.45) is 8.83. The number of hydrogen-bond acceptors (Lipinski definition) is 0. The number of hydrogen-bond donors (Lipinski definition) is 0. The zero-order valence-electron chi connectivity index (χ0n) is 19.3. The molecule has 0 nitrogen and oxygen atoms in total. The molecule has 0 aromatic heterocycles. The van der Waals surface area contributed by atoms with Crippen LogP contribution < -0.4 is 0 Å². The fraction of sp³-hybridized carbons (Fsp3) is 0.375. The molecule has 4 aliphatic rings. The Labute approximate surface area is 193 Å². The zero-order chi connectivity index (χ0) is 21.9. The SMILES string of the molecule is C=C(C)C12CC3(c4ccccc4)CCC(c4ccccc4)(C1)CC(c1ccccc1)(C2)C3.